The van der Waals surface area contributed by atoms with Gasteiger partial charge in [0.15, 0.2) is 11.5 Å². The van der Waals surface area contributed by atoms with Gasteiger partial charge in [-0.05, 0) is 48.4 Å². The molecule has 33 heavy (non-hydrogen) atoms. The van der Waals surface area contributed by atoms with Crippen LogP contribution < -0.4 is 24.6 Å². The van der Waals surface area contributed by atoms with Crippen molar-refractivity contribution in [2.75, 3.05) is 19.2 Å². The Kier molecular flexibility index (Phi) is 6.31. The first kappa shape index (κ1) is 22.0. The molecule has 0 spiro atoms. The predicted octanol–water partition coefficient (Wildman–Crippen LogP) is 4.05. The molecular formula is C26H24N2O5. The third-order valence-corrected chi connectivity index (χ3v) is 5.17. The number of hydrogen-bond donors (Lipinski definition) is 1. The zero-order valence-corrected chi connectivity index (χ0v) is 18.6. The van der Waals surface area contributed by atoms with Crippen molar-refractivity contribution in [3.05, 3.63) is 89.0 Å². The Morgan fingerprint density at radius 1 is 0.909 bits per heavy atom. The molecule has 0 radical (unpaired) electrons. The smallest absolute Gasteiger partial charge is 0.282 e. The number of para-hydroxylation sites is 1. The molecule has 4 rings (SSSR count). The fourth-order valence-electron chi connectivity index (χ4n) is 3.57. The maximum atomic E-state index is 12.9. The third kappa shape index (κ3) is 4.67. The molecule has 7 nitrogen and oxygen atoms in total. The number of amides is 2. The Balaban J connectivity index is 1.62. The molecule has 0 atom stereocenters. The Morgan fingerprint density at radius 2 is 1.61 bits per heavy atom. The van der Waals surface area contributed by atoms with Crippen molar-refractivity contribution in [3.63, 3.8) is 0 Å². The highest BCUT2D eigenvalue weighted by Gasteiger charge is 2.34. The summed E-state index contributed by atoms with van der Waals surface area (Å²) < 4.78 is 17.0. The average molecular weight is 444 g/mol. The van der Waals surface area contributed by atoms with E-state index < -0.39 is 11.8 Å². The molecule has 0 unspecified atom stereocenters. The van der Waals surface area contributed by atoms with E-state index >= 15 is 0 Å². The van der Waals surface area contributed by atoms with Crippen LogP contribution in [-0.4, -0.2) is 26.0 Å². The monoisotopic (exact) mass is 444 g/mol. The van der Waals surface area contributed by atoms with E-state index in [0.717, 1.165) is 11.1 Å². The van der Waals surface area contributed by atoms with Gasteiger partial charge in [0.1, 0.15) is 12.2 Å². The van der Waals surface area contributed by atoms with E-state index in [1.165, 1.54) is 25.3 Å². The summed E-state index contributed by atoms with van der Waals surface area (Å²) in [5.74, 6) is 0.376. The number of anilines is 1. The second-order valence-electron chi connectivity index (χ2n) is 7.51. The summed E-state index contributed by atoms with van der Waals surface area (Å²) in [5.41, 5.74) is 5.90. The van der Waals surface area contributed by atoms with Crippen LogP contribution in [0.5, 0.6) is 17.2 Å². The molecular weight excluding hydrogens is 420 g/mol. The normalized spacial score (nSPS) is 14.4. The summed E-state index contributed by atoms with van der Waals surface area (Å²) in [6.45, 7) is 2.36. The van der Waals surface area contributed by atoms with Crippen molar-refractivity contribution in [2.24, 2.45) is 0 Å². The number of aryl methyl sites for hydroxylation is 1. The maximum Gasteiger partial charge on any atom is 0.282 e. The van der Waals surface area contributed by atoms with Crippen molar-refractivity contribution >= 4 is 23.6 Å². The van der Waals surface area contributed by atoms with E-state index in [1.54, 1.807) is 36.4 Å². The number of carbonyl (C=O) groups is 2. The van der Waals surface area contributed by atoms with Gasteiger partial charge in [-0.25, -0.2) is 5.01 Å². The predicted molar refractivity (Wildman–Crippen MR) is 125 cm³/mol. The van der Waals surface area contributed by atoms with E-state index in [9.17, 15) is 9.59 Å². The van der Waals surface area contributed by atoms with Crippen molar-refractivity contribution in [1.29, 1.82) is 0 Å². The summed E-state index contributed by atoms with van der Waals surface area (Å²) in [5, 5.41) is 1.22. The fraction of sp³-hybridized carbons (Fsp3) is 0.154. The van der Waals surface area contributed by atoms with Gasteiger partial charge in [0.2, 0.25) is 5.75 Å². The lowest BCUT2D eigenvalue weighted by molar-refractivity contribution is -0.117. The van der Waals surface area contributed by atoms with E-state index in [1.807, 2.05) is 37.3 Å². The van der Waals surface area contributed by atoms with Gasteiger partial charge < -0.3 is 14.2 Å². The number of nitrogens with one attached hydrogen (secondary N) is 1. The highest BCUT2D eigenvalue weighted by molar-refractivity contribution is 6.31. The molecule has 7 heteroatoms. The first-order valence-electron chi connectivity index (χ1n) is 10.4. The van der Waals surface area contributed by atoms with Gasteiger partial charge in [-0.1, -0.05) is 48.0 Å². The zero-order valence-electron chi connectivity index (χ0n) is 18.6. The molecule has 1 heterocycles. The Hall–Kier alpha value is -4.26. The van der Waals surface area contributed by atoms with E-state index in [2.05, 4.69) is 5.43 Å². The Morgan fingerprint density at radius 3 is 2.24 bits per heavy atom. The minimum Gasteiger partial charge on any atom is -0.493 e. The van der Waals surface area contributed by atoms with Crippen molar-refractivity contribution in [1.82, 2.24) is 5.43 Å². The summed E-state index contributed by atoms with van der Waals surface area (Å²) >= 11 is 0. The summed E-state index contributed by atoms with van der Waals surface area (Å²) in [7, 11) is 3.05. The highest BCUT2D eigenvalue weighted by atomic mass is 16.5. The molecule has 1 N–H and O–H groups in total. The largest absolute Gasteiger partial charge is 0.493 e. The number of methoxy groups -OCH3 is 2. The molecule has 3 aromatic carbocycles. The molecule has 0 bridgehead atoms. The molecule has 1 saturated heterocycles. The SMILES string of the molecule is COc1cc(C=C2C(=O)NN(c3ccccc3)C2=O)cc(OC)c1OCc1cccc(C)c1. The lowest BCUT2D eigenvalue weighted by Crippen LogP contribution is -2.35. The van der Waals surface area contributed by atoms with Crippen LogP contribution in [0, 0.1) is 6.92 Å². The number of hydrogen-bond acceptors (Lipinski definition) is 5. The number of nitrogens with zero attached hydrogens (tertiary/aromatic N) is 1. The average Bonchev–Trinajstić information content (AvgIpc) is 3.11. The first-order valence-corrected chi connectivity index (χ1v) is 10.4. The fourth-order valence-corrected chi connectivity index (χ4v) is 3.57. The van der Waals surface area contributed by atoms with Crippen LogP contribution in [0.2, 0.25) is 0 Å². The van der Waals surface area contributed by atoms with E-state index in [-0.39, 0.29) is 5.57 Å². The van der Waals surface area contributed by atoms with Crippen LogP contribution in [0.4, 0.5) is 5.69 Å². The summed E-state index contributed by atoms with van der Waals surface area (Å²) in [6.07, 6.45) is 1.51. The topological polar surface area (TPSA) is 77.1 Å². The van der Waals surface area contributed by atoms with Crippen LogP contribution in [0.25, 0.3) is 6.08 Å². The number of hydrazine groups is 1. The quantitative estimate of drug-likeness (QED) is 0.439. The standard InChI is InChI=1S/C26H24N2O5/c1-17-8-7-9-18(12-17)16-33-24-22(31-2)14-19(15-23(24)32-3)13-21-25(29)27-28(26(21)30)20-10-5-4-6-11-20/h4-15H,16H2,1-3H3,(H,27,29). The second kappa shape index (κ2) is 9.48. The van der Waals surface area contributed by atoms with Gasteiger partial charge in [0.05, 0.1) is 19.9 Å². The molecule has 2 amide bonds. The van der Waals surface area contributed by atoms with Crippen LogP contribution in [0.1, 0.15) is 16.7 Å². The lowest BCUT2D eigenvalue weighted by Gasteiger charge is -2.16. The van der Waals surface area contributed by atoms with Gasteiger partial charge in [-0.3, -0.25) is 15.0 Å². The third-order valence-electron chi connectivity index (χ3n) is 5.17. The molecule has 0 aromatic heterocycles. The van der Waals surface area contributed by atoms with Gasteiger partial charge in [0.25, 0.3) is 11.8 Å². The number of carbonyl (C=O) groups excluding carboxylic acids is 2. The first-order chi connectivity index (χ1) is 16.0. The summed E-state index contributed by atoms with van der Waals surface area (Å²) in [4.78, 5) is 25.4. The molecule has 1 aliphatic heterocycles. The molecule has 3 aromatic rings. The zero-order chi connectivity index (χ0) is 23.4. The number of ether oxygens (including phenoxy) is 3. The highest BCUT2D eigenvalue weighted by Crippen LogP contribution is 2.40. The number of benzene rings is 3. The van der Waals surface area contributed by atoms with Gasteiger partial charge in [-0.2, -0.15) is 0 Å². The molecule has 168 valence electrons. The lowest BCUT2D eigenvalue weighted by atomic mass is 10.1. The van der Waals surface area contributed by atoms with Crippen LogP contribution in [-0.2, 0) is 16.2 Å². The summed E-state index contributed by atoms with van der Waals surface area (Å²) in [6, 6.07) is 20.3. The molecule has 0 saturated carbocycles. The molecule has 1 fully saturated rings. The minimum absolute atomic E-state index is 0.0105. The van der Waals surface area contributed by atoms with Crippen molar-refractivity contribution in [2.45, 2.75) is 13.5 Å². The van der Waals surface area contributed by atoms with E-state index in [0.29, 0.717) is 35.1 Å². The Bertz CT molecular complexity index is 1200. The minimum atomic E-state index is -0.485. The van der Waals surface area contributed by atoms with Crippen molar-refractivity contribution < 1.29 is 23.8 Å². The Labute approximate surface area is 192 Å². The number of rotatable bonds is 7. The molecule has 1 aliphatic rings. The van der Waals surface area contributed by atoms with Gasteiger partial charge >= 0.3 is 0 Å². The van der Waals surface area contributed by atoms with Crippen molar-refractivity contribution in [3.8, 4) is 17.2 Å². The van der Waals surface area contributed by atoms with Crippen LogP contribution >= 0.6 is 0 Å². The van der Waals surface area contributed by atoms with E-state index in [4.69, 9.17) is 14.2 Å². The van der Waals surface area contributed by atoms with Crippen LogP contribution in [0.3, 0.4) is 0 Å². The second-order valence-corrected chi connectivity index (χ2v) is 7.51. The van der Waals surface area contributed by atoms with Gasteiger partial charge in [-0.15, -0.1) is 0 Å². The molecule has 0 aliphatic carbocycles. The van der Waals surface area contributed by atoms with Gasteiger partial charge in [0, 0.05) is 0 Å². The van der Waals surface area contributed by atoms with Crippen LogP contribution in [0.15, 0.2) is 72.3 Å². The maximum absolute atomic E-state index is 12.9.